The molecule has 0 spiro atoms. The van der Waals surface area contributed by atoms with E-state index < -0.39 is 0 Å². The average Bonchev–Trinajstić information content (AvgIpc) is 2.87. The number of piperidine rings is 1. The van der Waals surface area contributed by atoms with Crippen LogP contribution in [0.4, 0.5) is 0 Å². The van der Waals surface area contributed by atoms with Gasteiger partial charge in [-0.15, -0.1) is 0 Å². The highest BCUT2D eigenvalue weighted by Crippen LogP contribution is 2.62. The number of hydrogen-bond acceptors (Lipinski definition) is 2. The maximum atomic E-state index is 3.96. The molecule has 116 valence electrons. The SMILES string of the molecule is CC1CCN(CCNC2C3(C)CCC(C3)C2(C)C)CC1. The van der Waals surface area contributed by atoms with E-state index >= 15 is 0 Å². The van der Waals surface area contributed by atoms with Gasteiger partial charge in [0.25, 0.3) is 0 Å². The van der Waals surface area contributed by atoms with Crippen molar-refractivity contribution < 1.29 is 0 Å². The maximum absolute atomic E-state index is 3.96. The Hall–Kier alpha value is -0.0800. The van der Waals surface area contributed by atoms with Gasteiger partial charge in [-0.25, -0.2) is 0 Å². The minimum absolute atomic E-state index is 0.503. The summed E-state index contributed by atoms with van der Waals surface area (Å²) >= 11 is 0. The monoisotopic (exact) mass is 278 g/mol. The highest BCUT2D eigenvalue weighted by Gasteiger charge is 2.58. The highest BCUT2D eigenvalue weighted by molar-refractivity contribution is 5.11. The van der Waals surface area contributed by atoms with E-state index in [1.54, 1.807) is 0 Å². The molecule has 1 saturated heterocycles. The van der Waals surface area contributed by atoms with Gasteiger partial charge in [0.1, 0.15) is 0 Å². The van der Waals surface area contributed by atoms with Gasteiger partial charge in [-0.2, -0.15) is 0 Å². The molecule has 1 N–H and O–H groups in total. The Balaban J connectivity index is 1.49. The molecule has 0 amide bonds. The van der Waals surface area contributed by atoms with Crippen molar-refractivity contribution in [3.05, 3.63) is 0 Å². The second-order valence-corrected chi connectivity index (χ2v) is 8.83. The fourth-order valence-electron chi connectivity index (χ4n) is 5.46. The van der Waals surface area contributed by atoms with Crippen LogP contribution in [0.25, 0.3) is 0 Å². The van der Waals surface area contributed by atoms with E-state index in [0.717, 1.165) is 17.9 Å². The molecule has 0 aromatic heterocycles. The molecule has 3 fully saturated rings. The molecule has 2 nitrogen and oxygen atoms in total. The molecule has 2 bridgehead atoms. The van der Waals surface area contributed by atoms with Crippen LogP contribution < -0.4 is 5.32 Å². The number of nitrogens with one attached hydrogen (secondary N) is 1. The van der Waals surface area contributed by atoms with Gasteiger partial charge in [-0.1, -0.05) is 27.7 Å². The van der Waals surface area contributed by atoms with Gasteiger partial charge in [0.15, 0.2) is 0 Å². The summed E-state index contributed by atoms with van der Waals surface area (Å²) in [6, 6.07) is 0.734. The third-order valence-corrected chi connectivity index (χ3v) is 6.92. The molecule has 0 radical (unpaired) electrons. The van der Waals surface area contributed by atoms with Crippen molar-refractivity contribution in [2.75, 3.05) is 26.2 Å². The Kier molecular flexibility index (Phi) is 3.92. The van der Waals surface area contributed by atoms with Gasteiger partial charge in [0.05, 0.1) is 0 Å². The Bertz CT molecular complexity index is 339. The lowest BCUT2D eigenvalue weighted by molar-refractivity contribution is 0.103. The number of nitrogens with zero attached hydrogens (tertiary/aromatic N) is 1. The third kappa shape index (κ3) is 2.54. The fourth-order valence-corrected chi connectivity index (χ4v) is 5.46. The van der Waals surface area contributed by atoms with Crippen molar-refractivity contribution in [1.29, 1.82) is 0 Å². The molecular formula is C18H34N2. The Labute approximate surface area is 125 Å². The van der Waals surface area contributed by atoms with Gasteiger partial charge < -0.3 is 10.2 Å². The van der Waals surface area contributed by atoms with E-state index in [2.05, 4.69) is 37.9 Å². The normalized spacial score (nSPS) is 41.4. The maximum Gasteiger partial charge on any atom is 0.0175 e. The number of hydrogen-bond donors (Lipinski definition) is 1. The lowest BCUT2D eigenvalue weighted by atomic mass is 9.68. The molecule has 0 aromatic carbocycles. The summed E-state index contributed by atoms with van der Waals surface area (Å²) in [5.41, 5.74) is 1.08. The molecule has 2 aliphatic carbocycles. The number of likely N-dealkylation sites (tertiary alicyclic amines) is 1. The first kappa shape index (κ1) is 14.8. The average molecular weight is 278 g/mol. The van der Waals surface area contributed by atoms with E-state index in [-0.39, 0.29) is 0 Å². The summed E-state index contributed by atoms with van der Waals surface area (Å²) in [6.07, 6.45) is 7.16. The number of rotatable bonds is 4. The molecule has 3 atom stereocenters. The van der Waals surface area contributed by atoms with Crippen LogP contribution in [0.3, 0.4) is 0 Å². The van der Waals surface area contributed by atoms with Crippen molar-refractivity contribution in [3.8, 4) is 0 Å². The molecule has 1 aliphatic heterocycles. The summed E-state index contributed by atoms with van der Waals surface area (Å²) in [6.45, 7) is 15.0. The summed E-state index contributed by atoms with van der Waals surface area (Å²) in [7, 11) is 0. The Morgan fingerprint density at radius 3 is 2.40 bits per heavy atom. The second kappa shape index (κ2) is 5.28. The quantitative estimate of drug-likeness (QED) is 0.846. The van der Waals surface area contributed by atoms with Gasteiger partial charge >= 0.3 is 0 Å². The first-order chi connectivity index (χ1) is 9.42. The molecule has 2 heteroatoms. The summed E-state index contributed by atoms with van der Waals surface area (Å²) in [4.78, 5) is 2.66. The molecule has 0 aromatic rings. The van der Waals surface area contributed by atoms with Gasteiger partial charge in [-0.05, 0) is 67.9 Å². The van der Waals surface area contributed by atoms with Crippen molar-refractivity contribution in [2.24, 2.45) is 22.7 Å². The van der Waals surface area contributed by atoms with Crippen molar-refractivity contribution in [1.82, 2.24) is 10.2 Å². The van der Waals surface area contributed by atoms with Gasteiger partial charge in [0.2, 0.25) is 0 Å². The molecule has 3 rings (SSSR count). The topological polar surface area (TPSA) is 15.3 Å². The molecule has 3 unspecified atom stereocenters. The molecule has 1 heterocycles. The van der Waals surface area contributed by atoms with Crippen LogP contribution in [0.5, 0.6) is 0 Å². The van der Waals surface area contributed by atoms with Crippen LogP contribution in [0.15, 0.2) is 0 Å². The van der Waals surface area contributed by atoms with Gasteiger partial charge in [0, 0.05) is 19.1 Å². The van der Waals surface area contributed by atoms with Crippen molar-refractivity contribution in [3.63, 3.8) is 0 Å². The summed E-state index contributed by atoms with van der Waals surface area (Å²) in [5, 5.41) is 3.96. The van der Waals surface area contributed by atoms with E-state index in [0.29, 0.717) is 10.8 Å². The van der Waals surface area contributed by atoms with Crippen molar-refractivity contribution in [2.45, 2.75) is 65.8 Å². The first-order valence-electron chi connectivity index (χ1n) is 8.87. The van der Waals surface area contributed by atoms with Crippen LogP contribution in [0.1, 0.15) is 59.8 Å². The summed E-state index contributed by atoms with van der Waals surface area (Å²) < 4.78 is 0. The van der Waals surface area contributed by atoms with E-state index in [9.17, 15) is 0 Å². The molecule has 20 heavy (non-hydrogen) atoms. The second-order valence-electron chi connectivity index (χ2n) is 8.83. The van der Waals surface area contributed by atoms with Crippen LogP contribution >= 0.6 is 0 Å². The lowest BCUT2D eigenvalue weighted by Crippen LogP contribution is -2.52. The molecule has 2 saturated carbocycles. The van der Waals surface area contributed by atoms with E-state index in [1.807, 2.05) is 0 Å². The van der Waals surface area contributed by atoms with Crippen LogP contribution in [-0.2, 0) is 0 Å². The minimum Gasteiger partial charge on any atom is -0.312 e. The first-order valence-corrected chi connectivity index (χ1v) is 8.87. The Morgan fingerprint density at radius 2 is 1.80 bits per heavy atom. The minimum atomic E-state index is 0.503. The molecular weight excluding hydrogens is 244 g/mol. The predicted molar refractivity (Wildman–Crippen MR) is 85.9 cm³/mol. The lowest BCUT2D eigenvalue weighted by Gasteiger charge is -2.43. The van der Waals surface area contributed by atoms with Crippen LogP contribution in [0, 0.1) is 22.7 Å². The zero-order valence-electron chi connectivity index (χ0n) is 14.0. The van der Waals surface area contributed by atoms with Gasteiger partial charge in [-0.3, -0.25) is 0 Å². The predicted octanol–water partition coefficient (Wildman–Crippen LogP) is 3.52. The number of fused-ring (bicyclic) bond motifs is 2. The largest absolute Gasteiger partial charge is 0.312 e. The highest BCUT2D eigenvalue weighted by atomic mass is 15.1. The fraction of sp³-hybridized carbons (Fsp3) is 1.00. The third-order valence-electron chi connectivity index (χ3n) is 6.92. The standard InChI is InChI=1S/C18H34N2/c1-14-6-10-20(11-7-14)12-9-19-16-17(2,3)15-5-8-18(16,4)13-15/h14-16,19H,5-13H2,1-4H3. The zero-order valence-corrected chi connectivity index (χ0v) is 14.0. The molecule has 3 aliphatic rings. The van der Waals surface area contributed by atoms with Crippen LogP contribution in [-0.4, -0.2) is 37.1 Å². The summed E-state index contributed by atoms with van der Waals surface area (Å²) in [5.74, 6) is 1.91. The van der Waals surface area contributed by atoms with Crippen molar-refractivity contribution >= 4 is 0 Å². The van der Waals surface area contributed by atoms with E-state index in [1.165, 1.54) is 58.3 Å². The zero-order chi connectivity index (χ0) is 14.4. The Morgan fingerprint density at radius 1 is 1.10 bits per heavy atom. The van der Waals surface area contributed by atoms with Crippen LogP contribution in [0.2, 0.25) is 0 Å². The van der Waals surface area contributed by atoms with E-state index in [4.69, 9.17) is 0 Å². The smallest absolute Gasteiger partial charge is 0.0175 e.